The van der Waals surface area contributed by atoms with Gasteiger partial charge in [-0.15, -0.1) is 0 Å². The number of Topliss-reactive ketones (excluding diaryl/α,β-unsaturated/α-hetero) is 1. The van der Waals surface area contributed by atoms with Gasteiger partial charge in [-0.25, -0.2) is 4.79 Å². The molecule has 140 valence electrons. The maximum atomic E-state index is 12.9. The van der Waals surface area contributed by atoms with E-state index < -0.39 is 5.97 Å². The lowest BCUT2D eigenvalue weighted by atomic mass is 10.0. The van der Waals surface area contributed by atoms with Crippen molar-refractivity contribution in [3.8, 4) is 0 Å². The average molecular weight is 350 g/mol. The van der Waals surface area contributed by atoms with Crippen LogP contribution >= 0.6 is 0 Å². The zero-order chi connectivity index (χ0) is 19.3. The fourth-order valence-electron chi connectivity index (χ4n) is 3.22. The highest BCUT2D eigenvalue weighted by atomic mass is 16.5. The molecule has 1 aromatic heterocycles. The molecule has 1 rings (SSSR count). The number of aromatic nitrogens is 1. The van der Waals surface area contributed by atoms with Crippen LogP contribution in [0.2, 0.25) is 0 Å². The Morgan fingerprint density at radius 3 is 2.20 bits per heavy atom. The van der Waals surface area contributed by atoms with Gasteiger partial charge in [-0.05, 0) is 32.8 Å². The first-order valence-electron chi connectivity index (χ1n) is 8.81. The molecule has 6 nitrogen and oxygen atoms in total. The van der Waals surface area contributed by atoms with Crippen molar-refractivity contribution in [2.24, 2.45) is 5.92 Å². The van der Waals surface area contributed by atoms with Gasteiger partial charge in [0.15, 0.2) is 5.78 Å². The molecule has 0 aromatic carbocycles. The fourth-order valence-corrected chi connectivity index (χ4v) is 3.22. The Hall–Kier alpha value is -2.11. The third-order valence-electron chi connectivity index (χ3n) is 4.37. The standard InChI is InChI=1S/C19H30N2O4/c1-8-10-20(18(23)12(3)4)11-15(22)16-13(5)17(19(24)25-7)21(9-2)14(16)6/h12H,8-11H2,1-7H3. The van der Waals surface area contributed by atoms with Gasteiger partial charge in [0.1, 0.15) is 5.69 Å². The van der Waals surface area contributed by atoms with E-state index in [2.05, 4.69) is 0 Å². The lowest BCUT2D eigenvalue weighted by Gasteiger charge is -2.23. The molecule has 0 saturated heterocycles. The first kappa shape index (κ1) is 20.9. The van der Waals surface area contributed by atoms with Crippen LogP contribution in [0.3, 0.4) is 0 Å². The third-order valence-corrected chi connectivity index (χ3v) is 4.37. The molecular weight excluding hydrogens is 320 g/mol. The second-order valence-corrected chi connectivity index (χ2v) is 6.51. The van der Waals surface area contributed by atoms with E-state index in [4.69, 9.17) is 4.74 Å². The summed E-state index contributed by atoms with van der Waals surface area (Å²) < 4.78 is 6.66. The Bertz CT molecular complexity index is 659. The van der Waals surface area contributed by atoms with Crippen LogP contribution in [0.5, 0.6) is 0 Å². The Labute approximate surface area is 150 Å². The maximum absolute atomic E-state index is 12.9. The van der Waals surface area contributed by atoms with E-state index in [-0.39, 0.29) is 24.2 Å². The minimum atomic E-state index is -0.454. The summed E-state index contributed by atoms with van der Waals surface area (Å²) in [5.74, 6) is -0.791. The largest absolute Gasteiger partial charge is 0.464 e. The van der Waals surface area contributed by atoms with Gasteiger partial charge in [0.05, 0.1) is 13.7 Å². The Morgan fingerprint density at radius 2 is 1.76 bits per heavy atom. The van der Waals surface area contributed by atoms with Crippen molar-refractivity contribution in [1.82, 2.24) is 9.47 Å². The zero-order valence-corrected chi connectivity index (χ0v) is 16.4. The van der Waals surface area contributed by atoms with E-state index in [0.29, 0.717) is 29.9 Å². The summed E-state index contributed by atoms with van der Waals surface area (Å²) in [7, 11) is 1.33. The van der Waals surface area contributed by atoms with Crippen molar-refractivity contribution in [2.75, 3.05) is 20.2 Å². The van der Waals surface area contributed by atoms with E-state index >= 15 is 0 Å². The highest BCUT2D eigenvalue weighted by Crippen LogP contribution is 2.24. The van der Waals surface area contributed by atoms with Crippen LogP contribution in [-0.2, 0) is 16.1 Å². The van der Waals surface area contributed by atoms with Crippen LogP contribution in [0.15, 0.2) is 0 Å². The molecule has 0 aliphatic rings. The first-order valence-corrected chi connectivity index (χ1v) is 8.81. The third kappa shape index (κ3) is 4.30. The van der Waals surface area contributed by atoms with Crippen molar-refractivity contribution in [2.45, 2.75) is 54.5 Å². The number of methoxy groups -OCH3 is 1. The second-order valence-electron chi connectivity index (χ2n) is 6.51. The lowest BCUT2D eigenvalue weighted by molar-refractivity contribution is -0.134. The van der Waals surface area contributed by atoms with Crippen LogP contribution in [0.4, 0.5) is 0 Å². The van der Waals surface area contributed by atoms with Crippen molar-refractivity contribution >= 4 is 17.7 Å². The minimum absolute atomic E-state index is 0.0286. The Kier molecular flexibility index (Phi) is 7.39. The molecule has 0 atom stereocenters. The number of ketones is 1. The molecule has 1 aromatic rings. The average Bonchev–Trinajstić information content (AvgIpc) is 2.82. The molecule has 0 unspecified atom stereocenters. The number of hydrogen-bond acceptors (Lipinski definition) is 4. The topological polar surface area (TPSA) is 68.6 Å². The minimum Gasteiger partial charge on any atom is -0.464 e. The molecule has 0 aliphatic carbocycles. The van der Waals surface area contributed by atoms with E-state index in [9.17, 15) is 14.4 Å². The van der Waals surface area contributed by atoms with Crippen LogP contribution in [0.1, 0.15) is 66.2 Å². The van der Waals surface area contributed by atoms with Crippen molar-refractivity contribution < 1.29 is 19.1 Å². The van der Waals surface area contributed by atoms with Gasteiger partial charge in [0, 0.05) is 30.3 Å². The number of rotatable bonds is 8. The summed E-state index contributed by atoms with van der Waals surface area (Å²) in [6, 6.07) is 0. The van der Waals surface area contributed by atoms with Crippen LogP contribution in [-0.4, -0.2) is 47.3 Å². The molecule has 1 heterocycles. The van der Waals surface area contributed by atoms with E-state index in [1.807, 2.05) is 34.6 Å². The molecule has 0 spiro atoms. The van der Waals surface area contributed by atoms with Crippen molar-refractivity contribution in [1.29, 1.82) is 0 Å². The summed E-state index contributed by atoms with van der Waals surface area (Å²) in [5.41, 5.74) is 2.27. The van der Waals surface area contributed by atoms with Gasteiger partial charge < -0.3 is 14.2 Å². The molecule has 0 bridgehead atoms. The molecule has 0 radical (unpaired) electrons. The number of nitrogens with zero attached hydrogens (tertiary/aromatic N) is 2. The number of carbonyl (C=O) groups is 3. The molecule has 1 amide bonds. The van der Waals surface area contributed by atoms with Gasteiger partial charge >= 0.3 is 5.97 Å². The predicted octanol–water partition coefficient (Wildman–Crippen LogP) is 2.99. The zero-order valence-electron chi connectivity index (χ0n) is 16.4. The summed E-state index contributed by atoms with van der Waals surface area (Å²) in [4.78, 5) is 39.0. The molecule has 0 aliphatic heterocycles. The number of esters is 1. The van der Waals surface area contributed by atoms with E-state index in [0.717, 1.165) is 12.1 Å². The monoisotopic (exact) mass is 350 g/mol. The van der Waals surface area contributed by atoms with Crippen molar-refractivity contribution in [3.63, 3.8) is 0 Å². The van der Waals surface area contributed by atoms with Gasteiger partial charge in [0.25, 0.3) is 0 Å². The Morgan fingerprint density at radius 1 is 1.16 bits per heavy atom. The van der Waals surface area contributed by atoms with Crippen LogP contribution < -0.4 is 0 Å². The maximum Gasteiger partial charge on any atom is 0.354 e. The quantitative estimate of drug-likeness (QED) is 0.534. The van der Waals surface area contributed by atoms with Crippen LogP contribution in [0.25, 0.3) is 0 Å². The molecule has 6 heteroatoms. The molecular formula is C19H30N2O4. The first-order chi connectivity index (χ1) is 11.7. The van der Waals surface area contributed by atoms with Gasteiger partial charge in [-0.2, -0.15) is 0 Å². The fraction of sp³-hybridized carbons (Fsp3) is 0.632. The van der Waals surface area contributed by atoms with E-state index in [1.165, 1.54) is 7.11 Å². The van der Waals surface area contributed by atoms with Gasteiger partial charge in [-0.3, -0.25) is 9.59 Å². The number of amides is 1. The molecule has 0 N–H and O–H groups in total. The predicted molar refractivity (Wildman–Crippen MR) is 97.0 cm³/mol. The van der Waals surface area contributed by atoms with Gasteiger partial charge in [-0.1, -0.05) is 20.8 Å². The molecule has 0 saturated carbocycles. The normalized spacial score (nSPS) is 10.9. The SMILES string of the molecule is CCCN(CC(=O)c1c(C)c(C(=O)OC)n(CC)c1C)C(=O)C(C)C. The number of hydrogen-bond donors (Lipinski definition) is 0. The smallest absolute Gasteiger partial charge is 0.354 e. The van der Waals surface area contributed by atoms with Gasteiger partial charge in [0.2, 0.25) is 5.91 Å². The Balaban J connectivity index is 3.27. The van der Waals surface area contributed by atoms with Crippen molar-refractivity contribution in [3.05, 3.63) is 22.5 Å². The summed E-state index contributed by atoms with van der Waals surface area (Å²) in [5, 5.41) is 0. The lowest BCUT2D eigenvalue weighted by Crippen LogP contribution is -2.39. The molecule has 25 heavy (non-hydrogen) atoms. The summed E-state index contributed by atoms with van der Waals surface area (Å²) >= 11 is 0. The second kappa shape index (κ2) is 8.83. The highest BCUT2D eigenvalue weighted by Gasteiger charge is 2.28. The number of carbonyl (C=O) groups excluding carboxylic acids is 3. The summed E-state index contributed by atoms with van der Waals surface area (Å²) in [6.07, 6.45) is 0.785. The number of ether oxygens (including phenoxy) is 1. The highest BCUT2D eigenvalue weighted by molar-refractivity contribution is 6.04. The van der Waals surface area contributed by atoms with E-state index in [1.54, 1.807) is 16.4 Å². The summed E-state index contributed by atoms with van der Waals surface area (Å²) in [6.45, 7) is 12.3. The molecule has 0 fully saturated rings. The van der Waals surface area contributed by atoms with Crippen LogP contribution in [0, 0.1) is 19.8 Å².